The molecule has 5 heteroatoms. The van der Waals surface area contributed by atoms with Crippen LogP contribution >= 0.6 is 0 Å². The molecule has 20 heavy (non-hydrogen) atoms. The average molecular weight is 269 g/mol. The van der Waals surface area contributed by atoms with Crippen LogP contribution in [0.4, 0.5) is 0 Å². The fraction of sp³-hybridized carbons (Fsp3) is 0.400. The van der Waals surface area contributed by atoms with E-state index in [0.29, 0.717) is 24.0 Å². The molecule has 1 aliphatic heterocycles. The summed E-state index contributed by atoms with van der Waals surface area (Å²) in [7, 11) is 0. The smallest absolute Gasteiger partial charge is 0.248 e. The highest BCUT2D eigenvalue weighted by molar-refractivity contribution is 5.59. The monoisotopic (exact) mass is 269 g/mol. The van der Waals surface area contributed by atoms with Gasteiger partial charge in [0.15, 0.2) is 0 Å². The molecule has 0 spiro atoms. The molecule has 1 fully saturated rings. The van der Waals surface area contributed by atoms with E-state index in [1.54, 1.807) is 6.07 Å². The zero-order chi connectivity index (χ0) is 13.9. The first-order valence-corrected chi connectivity index (χ1v) is 6.70. The molecule has 1 saturated heterocycles. The van der Waals surface area contributed by atoms with E-state index in [0.717, 1.165) is 30.6 Å². The summed E-state index contributed by atoms with van der Waals surface area (Å²) in [6.45, 7) is 3.39. The Balaban J connectivity index is 1.88. The third-order valence-corrected chi connectivity index (χ3v) is 3.54. The lowest BCUT2D eigenvalue weighted by Gasteiger charge is -2.18. The summed E-state index contributed by atoms with van der Waals surface area (Å²) < 4.78 is 11.2. The number of hydrogen-bond donors (Lipinski definition) is 0. The highest BCUT2D eigenvalue weighted by atomic mass is 16.5. The molecule has 0 aliphatic carbocycles. The van der Waals surface area contributed by atoms with Crippen LogP contribution in [0.25, 0.3) is 11.5 Å². The molecular formula is C15H15N3O2. The first-order chi connectivity index (χ1) is 9.78. The zero-order valence-electron chi connectivity index (χ0n) is 11.3. The largest absolute Gasteiger partial charge is 0.420 e. The standard InChI is InChI=1S/C15H15N3O2/c1-10-7-11(8-16)4-5-13(10)15-18-17-14(20-15)12-3-2-6-19-9-12/h4-5,7,12H,2-3,6,9H2,1H3. The summed E-state index contributed by atoms with van der Waals surface area (Å²) in [5, 5.41) is 17.1. The Bertz CT molecular complexity index is 651. The molecule has 1 aromatic carbocycles. The summed E-state index contributed by atoms with van der Waals surface area (Å²) in [4.78, 5) is 0. The van der Waals surface area contributed by atoms with Gasteiger partial charge in [-0.25, -0.2) is 0 Å². The van der Waals surface area contributed by atoms with Crippen LogP contribution in [0.3, 0.4) is 0 Å². The predicted molar refractivity (Wildman–Crippen MR) is 72.0 cm³/mol. The van der Waals surface area contributed by atoms with E-state index in [2.05, 4.69) is 16.3 Å². The molecule has 0 saturated carbocycles. The minimum absolute atomic E-state index is 0.198. The fourth-order valence-electron chi connectivity index (χ4n) is 2.42. The predicted octanol–water partition coefficient (Wildman–Crippen LogP) is 2.81. The average Bonchev–Trinajstić information content (AvgIpc) is 2.97. The molecule has 1 atom stereocenters. The van der Waals surface area contributed by atoms with Crippen LogP contribution in [0.5, 0.6) is 0 Å². The molecule has 0 bridgehead atoms. The topological polar surface area (TPSA) is 71.9 Å². The molecule has 0 radical (unpaired) electrons. The van der Waals surface area contributed by atoms with Gasteiger partial charge in [0.2, 0.25) is 11.8 Å². The normalized spacial score (nSPS) is 18.7. The van der Waals surface area contributed by atoms with Crippen LogP contribution in [-0.4, -0.2) is 23.4 Å². The Morgan fingerprint density at radius 3 is 2.95 bits per heavy atom. The molecule has 3 rings (SSSR count). The maximum absolute atomic E-state index is 8.88. The summed E-state index contributed by atoms with van der Waals surface area (Å²) in [5.74, 6) is 1.35. The third kappa shape index (κ3) is 2.43. The van der Waals surface area contributed by atoms with Gasteiger partial charge >= 0.3 is 0 Å². The Hall–Kier alpha value is -2.19. The van der Waals surface area contributed by atoms with Crippen molar-refractivity contribution in [3.63, 3.8) is 0 Å². The van der Waals surface area contributed by atoms with Gasteiger partial charge in [0.25, 0.3) is 0 Å². The fourth-order valence-corrected chi connectivity index (χ4v) is 2.42. The van der Waals surface area contributed by atoms with Crippen molar-refractivity contribution in [2.24, 2.45) is 0 Å². The third-order valence-electron chi connectivity index (χ3n) is 3.54. The molecule has 1 aromatic heterocycles. The van der Waals surface area contributed by atoms with Gasteiger partial charge in [-0.2, -0.15) is 5.26 Å². The second-order valence-electron chi connectivity index (χ2n) is 5.00. The maximum Gasteiger partial charge on any atom is 0.248 e. The molecule has 1 aliphatic rings. The lowest BCUT2D eigenvalue weighted by molar-refractivity contribution is 0.0727. The second kappa shape index (κ2) is 5.43. The SMILES string of the molecule is Cc1cc(C#N)ccc1-c1nnc(C2CCCOC2)o1. The van der Waals surface area contributed by atoms with E-state index in [1.165, 1.54) is 0 Å². The van der Waals surface area contributed by atoms with Crippen molar-refractivity contribution in [3.05, 3.63) is 35.2 Å². The molecule has 5 nitrogen and oxygen atoms in total. The van der Waals surface area contributed by atoms with Crippen LogP contribution in [0.1, 0.15) is 35.8 Å². The van der Waals surface area contributed by atoms with Gasteiger partial charge in [-0.05, 0) is 43.5 Å². The summed E-state index contributed by atoms with van der Waals surface area (Å²) in [6.07, 6.45) is 2.05. The van der Waals surface area contributed by atoms with Gasteiger partial charge in [0.1, 0.15) is 0 Å². The van der Waals surface area contributed by atoms with Crippen molar-refractivity contribution in [2.45, 2.75) is 25.7 Å². The quantitative estimate of drug-likeness (QED) is 0.838. The molecular weight excluding hydrogens is 254 g/mol. The number of rotatable bonds is 2. The molecule has 2 aromatic rings. The van der Waals surface area contributed by atoms with Crippen LogP contribution in [0.2, 0.25) is 0 Å². The van der Waals surface area contributed by atoms with Crippen LogP contribution < -0.4 is 0 Å². The second-order valence-corrected chi connectivity index (χ2v) is 5.00. The lowest BCUT2D eigenvalue weighted by Crippen LogP contribution is -2.15. The zero-order valence-corrected chi connectivity index (χ0v) is 11.3. The molecule has 102 valence electrons. The van der Waals surface area contributed by atoms with Gasteiger partial charge in [0, 0.05) is 12.2 Å². The Kier molecular flexibility index (Phi) is 3.48. The number of benzene rings is 1. The van der Waals surface area contributed by atoms with E-state index < -0.39 is 0 Å². The number of aryl methyl sites for hydroxylation is 1. The van der Waals surface area contributed by atoms with Gasteiger partial charge in [0.05, 0.1) is 24.2 Å². The highest BCUT2D eigenvalue weighted by Gasteiger charge is 2.22. The number of nitriles is 1. The highest BCUT2D eigenvalue weighted by Crippen LogP contribution is 2.28. The number of nitrogens with zero attached hydrogens (tertiary/aromatic N) is 3. The van der Waals surface area contributed by atoms with Crippen LogP contribution in [-0.2, 0) is 4.74 Å². The van der Waals surface area contributed by atoms with E-state index >= 15 is 0 Å². The first-order valence-electron chi connectivity index (χ1n) is 6.70. The van der Waals surface area contributed by atoms with Crippen molar-refractivity contribution >= 4 is 0 Å². The van der Waals surface area contributed by atoms with E-state index in [4.69, 9.17) is 14.4 Å². The minimum atomic E-state index is 0.198. The summed E-state index contributed by atoms with van der Waals surface area (Å²) in [5.41, 5.74) is 2.46. The first kappa shape index (κ1) is 12.8. The molecule has 2 heterocycles. The molecule has 1 unspecified atom stereocenters. The van der Waals surface area contributed by atoms with Crippen molar-refractivity contribution in [1.82, 2.24) is 10.2 Å². The Labute approximate surface area is 117 Å². The van der Waals surface area contributed by atoms with Crippen LogP contribution in [0, 0.1) is 18.3 Å². The Morgan fingerprint density at radius 1 is 1.35 bits per heavy atom. The van der Waals surface area contributed by atoms with Gasteiger partial charge in [-0.1, -0.05) is 0 Å². The van der Waals surface area contributed by atoms with Gasteiger partial charge < -0.3 is 9.15 Å². The van der Waals surface area contributed by atoms with Gasteiger partial charge in [-0.15, -0.1) is 10.2 Å². The van der Waals surface area contributed by atoms with Crippen LogP contribution in [0.15, 0.2) is 22.6 Å². The number of hydrogen-bond acceptors (Lipinski definition) is 5. The minimum Gasteiger partial charge on any atom is -0.420 e. The lowest BCUT2D eigenvalue weighted by atomic mass is 10.0. The summed E-state index contributed by atoms with van der Waals surface area (Å²) in [6, 6.07) is 7.55. The number of aromatic nitrogens is 2. The Morgan fingerprint density at radius 2 is 2.25 bits per heavy atom. The van der Waals surface area contributed by atoms with Crippen molar-refractivity contribution < 1.29 is 9.15 Å². The van der Waals surface area contributed by atoms with Crippen molar-refractivity contribution in [2.75, 3.05) is 13.2 Å². The van der Waals surface area contributed by atoms with Crippen molar-refractivity contribution in [3.8, 4) is 17.5 Å². The van der Waals surface area contributed by atoms with E-state index in [-0.39, 0.29) is 5.92 Å². The molecule has 0 N–H and O–H groups in total. The van der Waals surface area contributed by atoms with E-state index in [9.17, 15) is 0 Å². The maximum atomic E-state index is 8.88. The summed E-state index contributed by atoms with van der Waals surface area (Å²) >= 11 is 0. The number of ether oxygens (including phenoxy) is 1. The van der Waals surface area contributed by atoms with Crippen molar-refractivity contribution in [1.29, 1.82) is 5.26 Å². The van der Waals surface area contributed by atoms with E-state index in [1.807, 2.05) is 19.1 Å². The molecule has 0 amide bonds. The van der Waals surface area contributed by atoms with Gasteiger partial charge in [-0.3, -0.25) is 0 Å².